The first-order chi connectivity index (χ1) is 16.5. The zero-order chi connectivity index (χ0) is 24.3. The molecule has 0 saturated heterocycles. The van der Waals surface area contributed by atoms with Crippen LogP contribution in [0.3, 0.4) is 0 Å². The number of benzene rings is 3. The van der Waals surface area contributed by atoms with E-state index < -0.39 is 6.04 Å². The number of hydrogen-bond donors (Lipinski definition) is 1. The van der Waals surface area contributed by atoms with Gasteiger partial charge in [-0.15, -0.1) is 0 Å². The van der Waals surface area contributed by atoms with Gasteiger partial charge in [-0.2, -0.15) is 0 Å². The van der Waals surface area contributed by atoms with E-state index in [0.717, 1.165) is 34.4 Å². The number of carbonyl (C=O) groups is 2. The zero-order valence-corrected chi connectivity index (χ0v) is 20.3. The van der Waals surface area contributed by atoms with Crippen LogP contribution < -0.4 is 10.1 Å². The first kappa shape index (κ1) is 25.0. The molecule has 34 heavy (non-hydrogen) atoms. The number of ether oxygens (including phenoxy) is 1. The molecule has 3 rings (SSSR count). The number of nitrogens with zero attached hydrogens (tertiary/aromatic N) is 1. The lowest BCUT2D eigenvalue weighted by Crippen LogP contribution is -2.51. The summed E-state index contributed by atoms with van der Waals surface area (Å²) in [5.41, 5.74) is 4.00. The molecule has 5 nitrogen and oxygen atoms in total. The highest BCUT2D eigenvalue weighted by atomic mass is 16.5. The van der Waals surface area contributed by atoms with Gasteiger partial charge in [-0.05, 0) is 42.2 Å². The predicted octanol–water partition coefficient (Wildman–Crippen LogP) is 4.71. The minimum Gasteiger partial charge on any atom is -0.497 e. The molecule has 1 N–H and O–H groups in total. The second-order valence-corrected chi connectivity index (χ2v) is 8.53. The number of rotatable bonds is 11. The lowest BCUT2D eigenvalue weighted by molar-refractivity contribution is -0.140. The molecule has 0 bridgehead atoms. The molecule has 0 aromatic heterocycles. The fourth-order valence-corrected chi connectivity index (χ4v) is 3.87. The molecule has 5 heteroatoms. The Hall–Kier alpha value is -3.60. The molecule has 3 aromatic rings. The van der Waals surface area contributed by atoms with Gasteiger partial charge in [-0.25, -0.2) is 0 Å². The molecular formula is C29H34N2O3. The van der Waals surface area contributed by atoms with Gasteiger partial charge in [0.25, 0.3) is 0 Å². The normalized spacial score (nSPS) is 11.5. The first-order valence-corrected chi connectivity index (χ1v) is 11.8. The van der Waals surface area contributed by atoms with Crippen molar-refractivity contribution in [2.45, 2.75) is 45.7 Å². The molecular weight excluding hydrogens is 424 g/mol. The van der Waals surface area contributed by atoms with Gasteiger partial charge >= 0.3 is 0 Å². The van der Waals surface area contributed by atoms with E-state index in [1.54, 1.807) is 12.0 Å². The van der Waals surface area contributed by atoms with E-state index in [0.29, 0.717) is 19.5 Å². The van der Waals surface area contributed by atoms with E-state index in [4.69, 9.17) is 4.74 Å². The van der Waals surface area contributed by atoms with Crippen LogP contribution in [-0.4, -0.2) is 36.4 Å². The minimum atomic E-state index is -0.627. The quantitative estimate of drug-likeness (QED) is 0.453. The highest BCUT2D eigenvalue weighted by molar-refractivity contribution is 5.88. The number of aryl methyl sites for hydroxylation is 1. The molecule has 0 fully saturated rings. The summed E-state index contributed by atoms with van der Waals surface area (Å²) < 4.78 is 5.38. The van der Waals surface area contributed by atoms with E-state index in [1.165, 1.54) is 0 Å². The van der Waals surface area contributed by atoms with Crippen molar-refractivity contribution in [3.63, 3.8) is 0 Å². The van der Waals surface area contributed by atoms with E-state index in [9.17, 15) is 9.59 Å². The van der Waals surface area contributed by atoms with Crippen molar-refractivity contribution < 1.29 is 14.3 Å². The summed E-state index contributed by atoms with van der Waals surface area (Å²) in [6, 6.07) is 24.8. The van der Waals surface area contributed by atoms with Gasteiger partial charge in [0.2, 0.25) is 11.8 Å². The van der Waals surface area contributed by atoms with Crippen molar-refractivity contribution in [1.29, 1.82) is 0 Å². The maximum absolute atomic E-state index is 13.7. The molecule has 0 aliphatic heterocycles. The topological polar surface area (TPSA) is 58.6 Å². The Balaban J connectivity index is 1.95. The van der Waals surface area contributed by atoms with Crippen molar-refractivity contribution in [2.75, 3.05) is 13.7 Å². The van der Waals surface area contributed by atoms with Gasteiger partial charge < -0.3 is 15.0 Å². The minimum absolute atomic E-state index is 0.0840. The molecule has 2 amide bonds. The predicted molar refractivity (Wildman–Crippen MR) is 136 cm³/mol. The summed E-state index contributed by atoms with van der Waals surface area (Å²) in [5.74, 6) is 0.503. The summed E-state index contributed by atoms with van der Waals surface area (Å²) in [7, 11) is 1.62. The van der Waals surface area contributed by atoms with E-state index in [-0.39, 0.29) is 18.2 Å². The SMILES string of the molecule is CCCNC(=O)C(Cc1ccccc1)N(Cc1cccc(OC)c1)C(=O)Cc1ccc(C)cc1. The zero-order valence-electron chi connectivity index (χ0n) is 20.3. The molecule has 0 radical (unpaired) electrons. The van der Waals surface area contributed by atoms with Crippen LogP contribution in [0, 0.1) is 6.92 Å². The highest BCUT2D eigenvalue weighted by Gasteiger charge is 2.30. The van der Waals surface area contributed by atoms with Gasteiger partial charge in [-0.1, -0.05) is 79.2 Å². The Morgan fingerprint density at radius 1 is 0.912 bits per heavy atom. The largest absolute Gasteiger partial charge is 0.497 e. The summed E-state index contributed by atoms with van der Waals surface area (Å²) in [6.07, 6.45) is 1.51. The summed E-state index contributed by atoms with van der Waals surface area (Å²) in [4.78, 5) is 28.7. The van der Waals surface area contributed by atoms with E-state index in [1.807, 2.05) is 92.7 Å². The van der Waals surface area contributed by atoms with Crippen molar-refractivity contribution >= 4 is 11.8 Å². The molecule has 0 saturated carbocycles. The van der Waals surface area contributed by atoms with Gasteiger partial charge in [0.15, 0.2) is 0 Å². The average Bonchev–Trinajstić information content (AvgIpc) is 2.86. The van der Waals surface area contributed by atoms with Gasteiger partial charge in [0, 0.05) is 19.5 Å². The number of methoxy groups -OCH3 is 1. The van der Waals surface area contributed by atoms with Gasteiger partial charge in [0.05, 0.1) is 13.5 Å². The molecule has 1 unspecified atom stereocenters. The van der Waals surface area contributed by atoms with Crippen LogP contribution in [0.5, 0.6) is 5.75 Å². The maximum atomic E-state index is 13.7. The number of hydrogen-bond acceptors (Lipinski definition) is 3. The number of amides is 2. The van der Waals surface area contributed by atoms with Crippen LogP contribution in [-0.2, 0) is 29.0 Å². The van der Waals surface area contributed by atoms with Gasteiger partial charge in [0.1, 0.15) is 11.8 Å². The second kappa shape index (κ2) is 12.6. The smallest absolute Gasteiger partial charge is 0.243 e. The molecule has 178 valence electrons. The molecule has 0 spiro atoms. The summed E-state index contributed by atoms with van der Waals surface area (Å²) in [6.45, 7) is 4.93. The standard InChI is InChI=1S/C29H34N2O3/c1-4-17-30-29(33)27(19-23-9-6-5-7-10-23)31(21-25-11-8-12-26(18-25)34-3)28(32)20-24-15-13-22(2)14-16-24/h5-16,18,27H,4,17,19-21H2,1-3H3,(H,30,33). The Morgan fingerprint density at radius 3 is 2.29 bits per heavy atom. The van der Waals surface area contributed by atoms with Crippen molar-refractivity contribution in [3.05, 3.63) is 101 Å². The molecule has 0 aliphatic carbocycles. The van der Waals surface area contributed by atoms with Crippen LogP contribution >= 0.6 is 0 Å². The third kappa shape index (κ3) is 7.20. The van der Waals surface area contributed by atoms with Crippen molar-refractivity contribution in [3.8, 4) is 5.75 Å². The van der Waals surface area contributed by atoms with Crippen molar-refractivity contribution in [1.82, 2.24) is 10.2 Å². The van der Waals surface area contributed by atoms with Gasteiger partial charge in [-0.3, -0.25) is 9.59 Å². The maximum Gasteiger partial charge on any atom is 0.243 e. The van der Waals surface area contributed by atoms with Crippen molar-refractivity contribution in [2.24, 2.45) is 0 Å². The Morgan fingerprint density at radius 2 is 1.62 bits per heavy atom. The molecule has 0 aliphatic rings. The van der Waals surface area contributed by atoms with E-state index >= 15 is 0 Å². The Kier molecular flexibility index (Phi) is 9.27. The monoisotopic (exact) mass is 458 g/mol. The molecule has 3 aromatic carbocycles. The second-order valence-electron chi connectivity index (χ2n) is 8.53. The Bertz CT molecular complexity index is 1060. The number of carbonyl (C=O) groups excluding carboxylic acids is 2. The van der Waals surface area contributed by atoms with Crippen LogP contribution in [0.1, 0.15) is 35.6 Å². The fourth-order valence-electron chi connectivity index (χ4n) is 3.87. The average molecular weight is 459 g/mol. The van der Waals surface area contributed by atoms with Crippen LogP contribution in [0.15, 0.2) is 78.9 Å². The van der Waals surface area contributed by atoms with Crippen LogP contribution in [0.25, 0.3) is 0 Å². The van der Waals surface area contributed by atoms with Crippen LogP contribution in [0.4, 0.5) is 0 Å². The number of nitrogens with one attached hydrogen (secondary N) is 1. The Labute approximate surface area is 202 Å². The summed E-state index contributed by atoms with van der Waals surface area (Å²) in [5, 5.41) is 3.01. The fraction of sp³-hybridized carbons (Fsp3) is 0.310. The lowest BCUT2D eigenvalue weighted by atomic mass is 10.0. The summed E-state index contributed by atoms with van der Waals surface area (Å²) >= 11 is 0. The lowest BCUT2D eigenvalue weighted by Gasteiger charge is -2.32. The van der Waals surface area contributed by atoms with E-state index in [2.05, 4.69) is 5.32 Å². The third-order valence-corrected chi connectivity index (χ3v) is 5.78. The molecule has 1 atom stereocenters. The highest BCUT2D eigenvalue weighted by Crippen LogP contribution is 2.19. The third-order valence-electron chi connectivity index (χ3n) is 5.78. The molecule has 0 heterocycles. The van der Waals surface area contributed by atoms with Crippen LogP contribution in [0.2, 0.25) is 0 Å². The first-order valence-electron chi connectivity index (χ1n) is 11.8.